The van der Waals surface area contributed by atoms with Crippen LogP contribution >= 0.6 is 0 Å². The van der Waals surface area contributed by atoms with Gasteiger partial charge in [0.1, 0.15) is 5.75 Å². The summed E-state index contributed by atoms with van der Waals surface area (Å²) in [6.07, 6.45) is -0.242. The highest BCUT2D eigenvalue weighted by atomic mass is 19.4. The predicted molar refractivity (Wildman–Crippen MR) is 74.2 cm³/mol. The standard InChI is InChI=1S/C16H17F3O4/c17-16(18,19)12-4-3-11(15(20)21)7-14(12)23-8-22-13-6-9-1-2-10(13)5-9/h3-4,7,9-10,13H,1-2,5-6,8H2,(H,20,21). The van der Waals surface area contributed by atoms with E-state index in [1.165, 1.54) is 6.42 Å². The summed E-state index contributed by atoms with van der Waals surface area (Å²) in [4.78, 5) is 10.9. The molecule has 0 heterocycles. The number of rotatable bonds is 5. The van der Waals surface area contributed by atoms with Gasteiger partial charge in [-0.1, -0.05) is 0 Å². The molecule has 2 bridgehead atoms. The van der Waals surface area contributed by atoms with E-state index in [9.17, 15) is 18.0 Å². The second-order valence-electron chi connectivity index (χ2n) is 6.16. The maximum absolute atomic E-state index is 13.0. The third kappa shape index (κ3) is 3.44. The van der Waals surface area contributed by atoms with E-state index in [0.29, 0.717) is 11.8 Å². The lowest BCUT2D eigenvalue weighted by molar-refractivity contribution is -0.140. The summed E-state index contributed by atoms with van der Waals surface area (Å²) in [7, 11) is 0. The highest BCUT2D eigenvalue weighted by Gasteiger charge is 2.40. The van der Waals surface area contributed by atoms with Gasteiger partial charge in [0.15, 0.2) is 6.79 Å². The van der Waals surface area contributed by atoms with Crippen LogP contribution in [0.25, 0.3) is 0 Å². The highest BCUT2D eigenvalue weighted by molar-refractivity contribution is 5.88. The van der Waals surface area contributed by atoms with Crippen molar-refractivity contribution in [1.29, 1.82) is 0 Å². The van der Waals surface area contributed by atoms with Gasteiger partial charge in [0.05, 0.1) is 17.2 Å². The van der Waals surface area contributed by atoms with Crippen molar-refractivity contribution in [3.63, 3.8) is 0 Å². The number of carboxylic acids is 1. The zero-order valence-electron chi connectivity index (χ0n) is 12.3. The fourth-order valence-corrected chi connectivity index (χ4v) is 3.58. The average molecular weight is 330 g/mol. The molecule has 3 atom stereocenters. The molecule has 2 fully saturated rings. The number of ether oxygens (including phenoxy) is 2. The van der Waals surface area contributed by atoms with Crippen molar-refractivity contribution in [3.8, 4) is 5.75 Å². The van der Waals surface area contributed by atoms with Crippen LogP contribution in [0.2, 0.25) is 0 Å². The molecule has 2 saturated carbocycles. The molecule has 3 unspecified atom stereocenters. The van der Waals surface area contributed by atoms with Gasteiger partial charge in [-0.05, 0) is 55.7 Å². The lowest BCUT2D eigenvalue weighted by Gasteiger charge is -2.22. The van der Waals surface area contributed by atoms with Crippen molar-refractivity contribution in [1.82, 2.24) is 0 Å². The molecule has 3 rings (SSSR count). The third-order valence-corrected chi connectivity index (χ3v) is 4.70. The Morgan fingerprint density at radius 3 is 2.61 bits per heavy atom. The SMILES string of the molecule is O=C(O)c1ccc(C(F)(F)F)c(OCOC2CC3CCC2C3)c1. The largest absolute Gasteiger partial charge is 0.478 e. The van der Waals surface area contributed by atoms with Crippen LogP contribution < -0.4 is 4.74 Å². The molecule has 126 valence electrons. The molecule has 1 aromatic carbocycles. The maximum atomic E-state index is 13.0. The molecule has 0 aromatic heterocycles. The zero-order chi connectivity index (χ0) is 16.6. The number of benzene rings is 1. The van der Waals surface area contributed by atoms with Gasteiger partial charge in [-0.25, -0.2) is 4.79 Å². The monoisotopic (exact) mass is 330 g/mol. The van der Waals surface area contributed by atoms with Gasteiger partial charge < -0.3 is 14.6 Å². The van der Waals surface area contributed by atoms with Crippen LogP contribution in [0.3, 0.4) is 0 Å². The second-order valence-corrected chi connectivity index (χ2v) is 6.16. The van der Waals surface area contributed by atoms with E-state index in [-0.39, 0.29) is 18.5 Å². The Balaban J connectivity index is 1.67. The van der Waals surface area contributed by atoms with Crippen molar-refractivity contribution < 1.29 is 32.5 Å². The molecule has 0 amide bonds. The molecule has 2 aliphatic carbocycles. The molecule has 0 radical (unpaired) electrons. The third-order valence-electron chi connectivity index (χ3n) is 4.70. The highest BCUT2D eigenvalue weighted by Crippen LogP contribution is 2.46. The number of carbonyl (C=O) groups is 1. The fraction of sp³-hybridized carbons (Fsp3) is 0.562. The van der Waals surface area contributed by atoms with Crippen LogP contribution in [-0.4, -0.2) is 24.0 Å². The van der Waals surface area contributed by atoms with Crippen molar-refractivity contribution in [2.75, 3.05) is 6.79 Å². The van der Waals surface area contributed by atoms with E-state index < -0.39 is 23.5 Å². The molecule has 1 aromatic rings. The van der Waals surface area contributed by atoms with Gasteiger partial charge in [-0.2, -0.15) is 13.2 Å². The molecule has 7 heteroatoms. The lowest BCUT2D eigenvalue weighted by atomic mass is 9.98. The molecule has 2 aliphatic rings. The number of hydrogen-bond donors (Lipinski definition) is 1. The van der Waals surface area contributed by atoms with Gasteiger partial charge in [-0.3, -0.25) is 0 Å². The van der Waals surface area contributed by atoms with Crippen LogP contribution in [0.5, 0.6) is 5.75 Å². The van der Waals surface area contributed by atoms with E-state index in [0.717, 1.165) is 37.5 Å². The first kappa shape index (κ1) is 16.1. The summed E-state index contributed by atoms with van der Waals surface area (Å²) < 4.78 is 49.6. The van der Waals surface area contributed by atoms with Gasteiger partial charge >= 0.3 is 12.1 Å². The molecule has 0 spiro atoms. The number of carboxylic acid groups (broad SMARTS) is 1. The summed E-state index contributed by atoms with van der Waals surface area (Å²) in [6, 6.07) is 2.51. The van der Waals surface area contributed by atoms with Crippen molar-refractivity contribution in [3.05, 3.63) is 29.3 Å². The minimum Gasteiger partial charge on any atom is -0.478 e. The normalized spacial score (nSPS) is 26.5. The number of halogens is 3. The zero-order valence-corrected chi connectivity index (χ0v) is 12.3. The maximum Gasteiger partial charge on any atom is 0.419 e. The Morgan fingerprint density at radius 2 is 2.04 bits per heavy atom. The van der Waals surface area contributed by atoms with E-state index in [1.807, 2.05) is 0 Å². The van der Waals surface area contributed by atoms with Crippen LogP contribution in [0, 0.1) is 11.8 Å². The second kappa shape index (κ2) is 6.03. The average Bonchev–Trinajstić information content (AvgIpc) is 3.08. The molecule has 0 saturated heterocycles. The van der Waals surface area contributed by atoms with E-state index in [4.69, 9.17) is 14.6 Å². The van der Waals surface area contributed by atoms with Gasteiger partial charge in [0.25, 0.3) is 0 Å². The Bertz CT molecular complexity index is 599. The lowest BCUT2D eigenvalue weighted by Crippen LogP contribution is -2.23. The van der Waals surface area contributed by atoms with Crippen molar-refractivity contribution >= 4 is 5.97 Å². The summed E-state index contributed by atoms with van der Waals surface area (Å²) in [6.45, 7) is -0.306. The predicted octanol–water partition coefficient (Wildman–Crippen LogP) is 3.95. The summed E-state index contributed by atoms with van der Waals surface area (Å²) in [5, 5.41) is 8.90. The molecular formula is C16H17F3O4. The first-order chi connectivity index (χ1) is 10.8. The topological polar surface area (TPSA) is 55.8 Å². The fourth-order valence-electron chi connectivity index (χ4n) is 3.58. The van der Waals surface area contributed by atoms with Gasteiger partial charge in [-0.15, -0.1) is 0 Å². The minimum absolute atomic E-state index is 0.0331. The molecule has 0 aliphatic heterocycles. The van der Waals surface area contributed by atoms with E-state index >= 15 is 0 Å². The van der Waals surface area contributed by atoms with Crippen LogP contribution in [-0.2, 0) is 10.9 Å². The number of alkyl halides is 3. The van der Waals surface area contributed by atoms with Gasteiger partial charge in [0, 0.05) is 0 Å². The Labute approximate surface area is 131 Å². The smallest absolute Gasteiger partial charge is 0.419 e. The first-order valence-corrected chi connectivity index (χ1v) is 7.53. The number of fused-ring (bicyclic) bond motifs is 2. The van der Waals surface area contributed by atoms with Crippen LogP contribution in [0.4, 0.5) is 13.2 Å². The molecule has 4 nitrogen and oxygen atoms in total. The number of aromatic carboxylic acids is 1. The summed E-state index contributed by atoms with van der Waals surface area (Å²) >= 11 is 0. The van der Waals surface area contributed by atoms with E-state index in [2.05, 4.69) is 0 Å². The quantitative estimate of drug-likeness (QED) is 0.831. The summed E-state index contributed by atoms with van der Waals surface area (Å²) in [5.74, 6) is -0.694. The molecule has 1 N–H and O–H groups in total. The Hall–Kier alpha value is -1.76. The van der Waals surface area contributed by atoms with Crippen LogP contribution in [0.1, 0.15) is 41.6 Å². The van der Waals surface area contributed by atoms with Crippen LogP contribution in [0.15, 0.2) is 18.2 Å². The summed E-state index contributed by atoms with van der Waals surface area (Å²) in [5.41, 5.74) is -1.26. The Morgan fingerprint density at radius 1 is 1.26 bits per heavy atom. The van der Waals surface area contributed by atoms with Gasteiger partial charge in [0.2, 0.25) is 0 Å². The van der Waals surface area contributed by atoms with E-state index in [1.54, 1.807) is 0 Å². The molecule has 23 heavy (non-hydrogen) atoms. The minimum atomic E-state index is -4.61. The first-order valence-electron chi connectivity index (χ1n) is 7.53. The van der Waals surface area contributed by atoms with Crippen molar-refractivity contribution in [2.24, 2.45) is 11.8 Å². The van der Waals surface area contributed by atoms with Crippen molar-refractivity contribution in [2.45, 2.75) is 38.0 Å². The molecular weight excluding hydrogens is 313 g/mol. The number of hydrogen-bond acceptors (Lipinski definition) is 3. The Kier molecular flexibility index (Phi) is 4.23.